The van der Waals surface area contributed by atoms with E-state index in [-0.39, 0.29) is 18.5 Å². The van der Waals surface area contributed by atoms with E-state index in [1.165, 1.54) is 0 Å². The van der Waals surface area contributed by atoms with E-state index in [0.717, 1.165) is 28.4 Å². The zero-order chi connectivity index (χ0) is 18.8. The van der Waals surface area contributed by atoms with Crippen molar-refractivity contribution in [2.24, 2.45) is 0 Å². The van der Waals surface area contributed by atoms with Gasteiger partial charge in [-0.15, -0.1) is 0 Å². The Bertz CT molecular complexity index is 932. The minimum atomic E-state index is -0.615. The van der Waals surface area contributed by atoms with Gasteiger partial charge in [-0.3, -0.25) is 0 Å². The highest BCUT2D eigenvalue weighted by atomic mass is 16.7. The molecular formula is C20H20N2O4. The van der Waals surface area contributed by atoms with Gasteiger partial charge in [0.1, 0.15) is 11.6 Å². The molecule has 6 heteroatoms. The Balaban J connectivity index is 1.99. The summed E-state index contributed by atoms with van der Waals surface area (Å²) in [5.74, 6) is 0.806. The molecule has 0 N–H and O–H groups in total. The van der Waals surface area contributed by atoms with E-state index < -0.39 is 5.97 Å². The molecule has 1 aromatic carbocycles. The number of nitrogens with zero attached hydrogens (tertiary/aromatic N) is 2. The third-order valence-corrected chi connectivity index (χ3v) is 4.07. The molecule has 134 valence electrons. The fourth-order valence-corrected chi connectivity index (χ4v) is 2.93. The molecule has 1 aliphatic heterocycles. The van der Waals surface area contributed by atoms with Gasteiger partial charge in [-0.1, -0.05) is 0 Å². The maximum atomic E-state index is 12.0. The molecule has 3 rings (SSSR count). The molecule has 0 atom stereocenters. The number of rotatable bonds is 4. The fourth-order valence-electron chi connectivity index (χ4n) is 2.93. The van der Waals surface area contributed by atoms with Gasteiger partial charge < -0.3 is 18.8 Å². The van der Waals surface area contributed by atoms with Gasteiger partial charge in [0.25, 0.3) is 0 Å². The molecule has 0 radical (unpaired) electrons. The van der Waals surface area contributed by atoms with Gasteiger partial charge in [-0.25, -0.2) is 4.79 Å². The molecule has 2 heterocycles. The van der Waals surface area contributed by atoms with Crippen molar-refractivity contribution in [3.63, 3.8) is 0 Å². The van der Waals surface area contributed by atoms with Gasteiger partial charge in [0.15, 0.2) is 11.5 Å². The Morgan fingerprint density at radius 1 is 1.27 bits per heavy atom. The minimum absolute atomic E-state index is 0.0235. The second kappa shape index (κ2) is 6.96. The molecule has 0 bridgehead atoms. The molecule has 0 fully saturated rings. The average molecular weight is 352 g/mol. The first kappa shape index (κ1) is 17.6. The maximum Gasteiger partial charge on any atom is 0.349 e. The van der Waals surface area contributed by atoms with E-state index in [9.17, 15) is 10.1 Å². The first-order valence-corrected chi connectivity index (χ1v) is 8.32. The zero-order valence-electron chi connectivity index (χ0n) is 15.2. The average Bonchev–Trinajstić information content (AvgIpc) is 3.15. The van der Waals surface area contributed by atoms with Gasteiger partial charge in [-0.05, 0) is 57.5 Å². The van der Waals surface area contributed by atoms with Crippen molar-refractivity contribution in [3.8, 4) is 23.3 Å². The quantitative estimate of drug-likeness (QED) is 0.477. The summed E-state index contributed by atoms with van der Waals surface area (Å²) in [6.45, 7) is 7.62. The molecule has 2 aromatic rings. The van der Waals surface area contributed by atoms with E-state index in [1.807, 2.05) is 48.7 Å². The van der Waals surface area contributed by atoms with Crippen LogP contribution in [0.15, 0.2) is 29.8 Å². The molecule has 6 nitrogen and oxygen atoms in total. The van der Waals surface area contributed by atoms with Crippen LogP contribution in [0.2, 0.25) is 0 Å². The van der Waals surface area contributed by atoms with Gasteiger partial charge in [0, 0.05) is 23.1 Å². The van der Waals surface area contributed by atoms with Gasteiger partial charge in [0.2, 0.25) is 6.79 Å². The van der Waals surface area contributed by atoms with Crippen LogP contribution in [0.1, 0.15) is 30.8 Å². The van der Waals surface area contributed by atoms with Crippen molar-refractivity contribution in [2.45, 2.75) is 33.8 Å². The first-order chi connectivity index (χ1) is 12.4. The number of esters is 1. The van der Waals surface area contributed by atoms with E-state index in [1.54, 1.807) is 19.9 Å². The number of fused-ring (bicyclic) bond motifs is 1. The lowest BCUT2D eigenvalue weighted by atomic mass is 10.1. The Morgan fingerprint density at radius 3 is 2.69 bits per heavy atom. The monoisotopic (exact) mass is 352 g/mol. The van der Waals surface area contributed by atoms with Gasteiger partial charge in [0.05, 0.1) is 6.10 Å². The molecule has 0 saturated carbocycles. The van der Waals surface area contributed by atoms with Crippen LogP contribution < -0.4 is 9.47 Å². The summed E-state index contributed by atoms with van der Waals surface area (Å²) in [6.07, 6.45) is 1.29. The Morgan fingerprint density at radius 2 is 2.00 bits per heavy atom. The van der Waals surface area contributed by atoms with E-state index in [2.05, 4.69) is 0 Å². The van der Waals surface area contributed by atoms with Crippen molar-refractivity contribution < 1.29 is 19.0 Å². The summed E-state index contributed by atoms with van der Waals surface area (Å²) in [5, 5.41) is 9.30. The van der Waals surface area contributed by atoms with Crippen LogP contribution in [0.25, 0.3) is 11.8 Å². The number of carbonyl (C=O) groups excluding carboxylic acids is 1. The van der Waals surface area contributed by atoms with Crippen molar-refractivity contribution in [1.82, 2.24) is 4.57 Å². The van der Waals surface area contributed by atoms with E-state index in [0.29, 0.717) is 5.75 Å². The van der Waals surface area contributed by atoms with Crippen LogP contribution in [0.5, 0.6) is 11.5 Å². The fraction of sp³-hybridized carbons (Fsp3) is 0.300. The lowest BCUT2D eigenvalue weighted by molar-refractivity contribution is -0.142. The highest BCUT2D eigenvalue weighted by Crippen LogP contribution is 2.35. The van der Waals surface area contributed by atoms with E-state index in [4.69, 9.17) is 14.2 Å². The highest BCUT2D eigenvalue weighted by Gasteiger charge is 2.18. The SMILES string of the molecule is Cc1cc(/C=C(\C#N)C(=O)OC(C)C)c(C)n1-c1ccc2c(c1)OCO2. The number of nitriles is 1. The molecule has 1 aromatic heterocycles. The van der Waals surface area contributed by atoms with Crippen molar-refractivity contribution in [3.05, 3.63) is 46.8 Å². The Labute approximate surface area is 152 Å². The second-order valence-electron chi connectivity index (χ2n) is 6.32. The predicted molar refractivity (Wildman–Crippen MR) is 96.2 cm³/mol. The highest BCUT2D eigenvalue weighted by molar-refractivity contribution is 5.98. The number of carbonyl (C=O) groups is 1. The Hall–Kier alpha value is -3.20. The molecule has 0 spiro atoms. The largest absolute Gasteiger partial charge is 0.459 e. The molecular weight excluding hydrogens is 332 g/mol. The zero-order valence-corrected chi connectivity index (χ0v) is 15.2. The number of benzene rings is 1. The minimum Gasteiger partial charge on any atom is -0.459 e. The number of aryl methyl sites for hydroxylation is 1. The standard InChI is InChI=1S/C20H20N2O4/c1-12(2)26-20(23)16(10-21)8-15-7-13(3)22(14(15)4)17-5-6-18-19(9-17)25-11-24-18/h5-9,12H,11H2,1-4H3/b16-8+. The molecule has 0 aliphatic carbocycles. The van der Waals surface area contributed by atoms with E-state index >= 15 is 0 Å². The van der Waals surface area contributed by atoms with Crippen molar-refractivity contribution >= 4 is 12.0 Å². The summed E-state index contributed by atoms with van der Waals surface area (Å²) < 4.78 is 18.0. The summed E-state index contributed by atoms with van der Waals surface area (Å²) in [4.78, 5) is 12.0. The molecule has 0 saturated heterocycles. The molecule has 1 aliphatic rings. The number of hydrogen-bond acceptors (Lipinski definition) is 5. The van der Waals surface area contributed by atoms with Gasteiger partial charge in [-0.2, -0.15) is 5.26 Å². The number of hydrogen-bond donors (Lipinski definition) is 0. The smallest absolute Gasteiger partial charge is 0.349 e. The summed E-state index contributed by atoms with van der Waals surface area (Å²) in [5.41, 5.74) is 3.57. The maximum absolute atomic E-state index is 12.0. The third kappa shape index (κ3) is 3.29. The van der Waals surface area contributed by atoms with Crippen LogP contribution >= 0.6 is 0 Å². The van der Waals surface area contributed by atoms with Gasteiger partial charge >= 0.3 is 5.97 Å². The lowest BCUT2D eigenvalue weighted by Gasteiger charge is -2.10. The number of ether oxygens (including phenoxy) is 3. The number of aromatic nitrogens is 1. The summed E-state index contributed by atoms with van der Waals surface area (Å²) in [7, 11) is 0. The summed E-state index contributed by atoms with van der Waals surface area (Å²) in [6, 6.07) is 9.58. The lowest BCUT2D eigenvalue weighted by Crippen LogP contribution is -2.12. The predicted octanol–water partition coefficient (Wildman–Crippen LogP) is 3.68. The summed E-state index contributed by atoms with van der Waals surface area (Å²) >= 11 is 0. The second-order valence-corrected chi connectivity index (χ2v) is 6.32. The van der Waals surface area contributed by atoms with Crippen molar-refractivity contribution in [1.29, 1.82) is 5.26 Å². The Kier molecular flexibility index (Phi) is 4.72. The molecule has 0 amide bonds. The topological polar surface area (TPSA) is 73.5 Å². The van der Waals surface area contributed by atoms with Crippen LogP contribution in [0.3, 0.4) is 0 Å². The third-order valence-electron chi connectivity index (χ3n) is 4.07. The van der Waals surface area contributed by atoms with Crippen molar-refractivity contribution in [2.75, 3.05) is 6.79 Å². The van der Waals surface area contributed by atoms with Crippen LogP contribution in [-0.4, -0.2) is 23.4 Å². The normalized spacial score (nSPS) is 13.0. The molecule has 26 heavy (non-hydrogen) atoms. The van der Waals surface area contributed by atoms with Crippen LogP contribution in [-0.2, 0) is 9.53 Å². The molecule has 0 unspecified atom stereocenters. The van der Waals surface area contributed by atoms with Crippen LogP contribution in [0.4, 0.5) is 0 Å². The first-order valence-electron chi connectivity index (χ1n) is 8.32. The van der Waals surface area contributed by atoms with Crippen LogP contribution in [0, 0.1) is 25.2 Å².